The number of methoxy groups -OCH3 is 1. The maximum absolute atomic E-state index is 11.4. The van der Waals surface area contributed by atoms with Gasteiger partial charge in [-0.1, -0.05) is 11.3 Å². The van der Waals surface area contributed by atoms with Gasteiger partial charge in [0.15, 0.2) is 15.0 Å². The molecule has 1 N–H and O–H groups in total. The van der Waals surface area contributed by atoms with Gasteiger partial charge in [-0.05, 0) is 18.2 Å². The first-order valence-electron chi connectivity index (χ1n) is 4.86. The Labute approximate surface area is 108 Å². The van der Waals surface area contributed by atoms with Crippen molar-refractivity contribution in [1.29, 1.82) is 0 Å². The lowest BCUT2D eigenvalue weighted by Gasteiger charge is -1.96. The van der Waals surface area contributed by atoms with Crippen LogP contribution >= 0.6 is 11.3 Å². The van der Waals surface area contributed by atoms with E-state index in [0.29, 0.717) is 15.3 Å². The topological polar surface area (TPSA) is 85.4 Å². The quantitative estimate of drug-likeness (QED) is 0.911. The van der Waals surface area contributed by atoms with Gasteiger partial charge in [-0.2, -0.15) is 0 Å². The first-order valence-corrected chi connectivity index (χ1v) is 7.56. The Bertz CT molecular complexity index is 706. The molecule has 1 aromatic carbocycles. The molecule has 8 heteroatoms. The fourth-order valence-electron chi connectivity index (χ4n) is 1.33. The minimum atomic E-state index is -3.25. The van der Waals surface area contributed by atoms with E-state index in [-0.39, 0.29) is 4.90 Å². The van der Waals surface area contributed by atoms with Gasteiger partial charge in [-0.15, -0.1) is 0 Å². The third kappa shape index (κ3) is 2.59. The van der Waals surface area contributed by atoms with Gasteiger partial charge in [0.25, 0.3) is 0 Å². The number of ether oxygens (including phenoxy) is 1. The van der Waals surface area contributed by atoms with Crippen LogP contribution in [0.3, 0.4) is 0 Å². The minimum Gasteiger partial charge on any atom is -0.453 e. The molecular weight excluding hydrogens is 276 g/mol. The smallest absolute Gasteiger partial charge is 0.413 e. The molecule has 0 spiro atoms. The highest BCUT2D eigenvalue weighted by Gasteiger charge is 2.11. The van der Waals surface area contributed by atoms with Gasteiger partial charge in [0.2, 0.25) is 0 Å². The molecule has 2 aromatic rings. The highest BCUT2D eigenvalue weighted by atomic mass is 32.2. The predicted octanol–water partition coefficient (Wildman–Crippen LogP) is 1.88. The van der Waals surface area contributed by atoms with E-state index >= 15 is 0 Å². The van der Waals surface area contributed by atoms with E-state index in [4.69, 9.17) is 0 Å². The number of carbonyl (C=O) groups is 1. The molecule has 0 atom stereocenters. The van der Waals surface area contributed by atoms with Crippen molar-refractivity contribution >= 4 is 42.6 Å². The number of nitrogens with zero attached hydrogens (tertiary/aromatic N) is 1. The maximum atomic E-state index is 11.4. The number of aromatic nitrogens is 1. The van der Waals surface area contributed by atoms with E-state index in [1.165, 1.54) is 30.6 Å². The summed E-state index contributed by atoms with van der Waals surface area (Å²) in [6.45, 7) is 0. The second kappa shape index (κ2) is 4.54. The van der Waals surface area contributed by atoms with Crippen LogP contribution in [0.15, 0.2) is 23.1 Å². The number of thiazole rings is 1. The van der Waals surface area contributed by atoms with E-state index in [9.17, 15) is 13.2 Å². The zero-order valence-electron chi connectivity index (χ0n) is 9.63. The molecule has 0 bridgehead atoms. The lowest BCUT2D eigenvalue weighted by atomic mass is 10.3. The molecule has 1 heterocycles. The van der Waals surface area contributed by atoms with E-state index < -0.39 is 15.9 Å². The number of benzene rings is 1. The molecule has 18 heavy (non-hydrogen) atoms. The molecule has 0 saturated carbocycles. The Morgan fingerprint density at radius 3 is 2.78 bits per heavy atom. The third-order valence-corrected chi connectivity index (χ3v) is 4.23. The van der Waals surface area contributed by atoms with Crippen molar-refractivity contribution in [3.63, 3.8) is 0 Å². The maximum Gasteiger partial charge on any atom is 0.413 e. The van der Waals surface area contributed by atoms with Gasteiger partial charge in [-0.25, -0.2) is 18.2 Å². The monoisotopic (exact) mass is 286 g/mol. The third-order valence-electron chi connectivity index (χ3n) is 2.18. The van der Waals surface area contributed by atoms with E-state index in [0.717, 1.165) is 6.26 Å². The first kappa shape index (κ1) is 12.8. The summed E-state index contributed by atoms with van der Waals surface area (Å²) >= 11 is 1.18. The Balaban J connectivity index is 2.43. The van der Waals surface area contributed by atoms with Crippen LogP contribution in [0.5, 0.6) is 0 Å². The minimum absolute atomic E-state index is 0.225. The summed E-state index contributed by atoms with van der Waals surface area (Å²) in [5.41, 5.74) is 0.624. The lowest BCUT2D eigenvalue weighted by Crippen LogP contribution is -2.10. The standard InChI is InChI=1S/C10H10N2O4S2/c1-16-10(13)12-9-11-7-4-3-6(18(2,14)15)5-8(7)17-9/h3-5H,1-2H3,(H,11,12,13). The molecule has 0 fully saturated rings. The van der Waals surface area contributed by atoms with Gasteiger partial charge in [0.05, 0.1) is 22.2 Å². The van der Waals surface area contributed by atoms with Crippen LogP contribution in [0.4, 0.5) is 9.93 Å². The van der Waals surface area contributed by atoms with Crippen LogP contribution in [0.25, 0.3) is 10.2 Å². The van der Waals surface area contributed by atoms with Gasteiger partial charge < -0.3 is 4.74 Å². The summed E-state index contributed by atoms with van der Waals surface area (Å²) in [5, 5.41) is 2.80. The van der Waals surface area contributed by atoms with Crippen molar-refractivity contribution < 1.29 is 17.9 Å². The Morgan fingerprint density at radius 1 is 1.44 bits per heavy atom. The van der Waals surface area contributed by atoms with Crippen LogP contribution in [0, 0.1) is 0 Å². The van der Waals surface area contributed by atoms with Gasteiger partial charge in [0.1, 0.15) is 0 Å². The van der Waals surface area contributed by atoms with Crippen LogP contribution in [-0.2, 0) is 14.6 Å². The Hall–Kier alpha value is -1.67. The van der Waals surface area contributed by atoms with Crippen molar-refractivity contribution in [3.8, 4) is 0 Å². The molecule has 96 valence electrons. The van der Waals surface area contributed by atoms with Crippen molar-refractivity contribution in [2.75, 3.05) is 18.7 Å². The number of rotatable bonds is 2. The lowest BCUT2D eigenvalue weighted by molar-refractivity contribution is 0.187. The Morgan fingerprint density at radius 2 is 2.17 bits per heavy atom. The largest absolute Gasteiger partial charge is 0.453 e. The number of hydrogen-bond acceptors (Lipinski definition) is 6. The van der Waals surface area contributed by atoms with Gasteiger partial charge in [-0.3, -0.25) is 5.32 Å². The highest BCUT2D eigenvalue weighted by Crippen LogP contribution is 2.28. The van der Waals surface area contributed by atoms with E-state index in [2.05, 4.69) is 15.0 Å². The fourth-order valence-corrected chi connectivity index (χ4v) is 2.94. The number of fused-ring (bicyclic) bond motifs is 1. The number of nitrogens with one attached hydrogen (secondary N) is 1. The average Bonchev–Trinajstić information content (AvgIpc) is 2.68. The van der Waals surface area contributed by atoms with E-state index in [1.807, 2.05) is 0 Å². The first-order chi connectivity index (χ1) is 8.40. The molecular formula is C10H10N2O4S2. The molecule has 1 aromatic heterocycles. The van der Waals surface area contributed by atoms with Crippen LogP contribution in [-0.4, -0.2) is 32.9 Å². The highest BCUT2D eigenvalue weighted by molar-refractivity contribution is 7.90. The summed E-state index contributed by atoms with van der Waals surface area (Å²) in [7, 11) is -1.99. The van der Waals surface area contributed by atoms with Crippen molar-refractivity contribution in [2.45, 2.75) is 4.90 Å². The molecule has 0 aliphatic rings. The zero-order valence-corrected chi connectivity index (χ0v) is 11.3. The van der Waals surface area contributed by atoms with Crippen molar-refractivity contribution in [3.05, 3.63) is 18.2 Å². The molecule has 0 unspecified atom stereocenters. The molecule has 6 nitrogen and oxygen atoms in total. The van der Waals surface area contributed by atoms with Crippen LogP contribution in [0.1, 0.15) is 0 Å². The Kier molecular flexibility index (Phi) is 3.22. The van der Waals surface area contributed by atoms with Crippen LogP contribution in [0.2, 0.25) is 0 Å². The van der Waals surface area contributed by atoms with E-state index in [1.54, 1.807) is 6.07 Å². The normalized spacial score (nSPS) is 11.4. The zero-order chi connectivity index (χ0) is 13.3. The second-order valence-electron chi connectivity index (χ2n) is 3.54. The van der Waals surface area contributed by atoms with Crippen molar-refractivity contribution in [2.24, 2.45) is 0 Å². The molecule has 1 amide bonds. The van der Waals surface area contributed by atoms with Crippen molar-refractivity contribution in [1.82, 2.24) is 4.98 Å². The summed E-state index contributed by atoms with van der Waals surface area (Å²) in [6, 6.07) is 4.62. The summed E-state index contributed by atoms with van der Waals surface area (Å²) in [6.07, 6.45) is 0.528. The molecule has 0 radical (unpaired) electrons. The number of hydrogen-bond donors (Lipinski definition) is 1. The SMILES string of the molecule is COC(=O)Nc1nc2ccc(S(C)(=O)=O)cc2s1. The number of sulfone groups is 1. The summed E-state index contributed by atoms with van der Waals surface area (Å²) in [5.74, 6) is 0. The second-order valence-corrected chi connectivity index (χ2v) is 6.58. The predicted molar refractivity (Wildman–Crippen MR) is 68.8 cm³/mol. The summed E-state index contributed by atoms with van der Waals surface area (Å²) in [4.78, 5) is 15.4. The average molecular weight is 286 g/mol. The fraction of sp³-hybridized carbons (Fsp3) is 0.200. The van der Waals surface area contributed by atoms with Gasteiger partial charge >= 0.3 is 6.09 Å². The molecule has 2 rings (SSSR count). The molecule has 0 saturated heterocycles. The number of carbonyl (C=O) groups excluding carboxylic acids is 1. The molecule has 0 aliphatic carbocycles. The van der Waals surface area contributed by atoms with Gasteiger partial charge in [0, 0.05) is 6.26 Å². The summed E-state index contributed by atoms with van der Waals surface area (Å²) < 4.78 is 27.9. The number of amides is 1. The van der Waals surface area contributed by atoms with Crippen LogP contribution < -0.4 is 5.32 Å². The number of anilines is 1. The molecule has 0 aliphatic heterocycles.